The third-order valence-electron chi connectivity index (χ3n) is 1.85. The molecule has 13 heavy (non-hydrogen) atoms. The maximum absolute atomic E-state index is 11.1. The Morgan fingerprint density at radius 2 is 2.23 bits per heavy atom. The van der Waals surface area contributed by atoms with E-state index >= 15 is 0 Å². The monoisotopic (exact) mass is 186 g/mol. The highest BCUT2D eigenvalue weighted by molar-refractivity contribution is 6.04. The number of hydrogen-bond donors (Lipinski definition) is 2. The Kier molecular flexibility index (Phi) is 2.50. The lowest BCUT2D eigenvalue weighted by Gasteiger charge is -2.31. The van der Waals surface area contributed by atoms with E-state index in [9.17, 15) is 14.4 Å². The predicted molar refractivity (Wildman–Crippen MR) is 41.8 cm³/mol. The largest absolute Gasteiger partial charge is 0.479 e. The average Bonchev–Trinajstić information content (AvgIpc) is 2.02. The zero-order chi connectivity index (χ0) is 10.0. The lowest BCUT2D eigenvalue weighted by atomic mass is 10.2. The van der Waals surface area contributed by atoms with Gasteiger partial charge in [-0.3, -0.25) is 9.59 Å². The summed E-state index contributed by atoms with van der Waals surface area (Å²) in [5.74, 6) is -2.33. The molecule has 2 N–H and O–H groups in total. The first-order valence-corrected chi connectivity index (χ1v) is 3.81. The summed E-state index contributed by atoms with van der Waals surface area (Å²) in [6.45, 7) is 1.80. The van der Waals surface area contributed by atoms with Crippen LogP contribution >= 0.6 is 0 Å². The summed E-state index contributed by atoms with van der Waals surface area (Å²) in [6.07, 6.45) is 0. The van der Waals surface area contributed by atoms with Crippen molar-refractivity contribution in [3.63, 3.8) is 0 Å². The molecule has 1 aliphatic heterocycles. The molecule has 0 bridgehead atoms. The third-order valence-corrected chi connectivity index (χ3v) is 1.85. The van der Waals surface area contributed by atoms with Gasteiger partial charge in [-0.25, -0.2) is 4.79 Å². The van der Waals surface area contributed by atoms with Gasteiger partial charge in [0.25, 0.3) is 5.91 Å². The highest BCUT2D eigenvalue weighted by Gasteiger charge is 2.36. The summed E-state index contributed by atoms with van der Waals surface area (Å²) in [5, 5.41) is 11.1. The molecular weight excluding hydrogens is 176 g/mol. The minimum atomic E-state index is -1.37. The molecule has 1 heterocycles. The van der Waals surface area contributed by atoms with Crippen LogP contribution < -0.4 is 5.32 Å². The molecule has 6 nitrogen and oxygen atoms in total. The minimum absolute atomic E-state index is 0.248. The van der Waals surface area contributed by atoms with Gasteiger partial charge in [0.15, 0.2) is 0 Å². The van der Waals surface area contributed by atoms with Gasteiger partial charge in [-0.05, 0) is 0 Å². The fourth-order valence-corrected chi connectivity index (χ4v) is 1.25. The lowest BCUT2D eigenvalue weighted by Crippen LogP contribution is -2.59. The average molecular weight is 186 g/mol. The highest BCUT2D eigenvalue weighted by atomic mass is 16.4. The van der Waals surface area contributed by atoms with Crippen LogP contribution in [0, 0.1) is 0 Å². The highest BCUT2D eigenvalue weighted by Crippen LogP contribution is 2.04. The van der Waals surface area contributed by atoms with E-state index in [1.54, 1.807) is 0 Å². The second kappa shape index (κ2) is 3.42. The van der Waals surface area contributed by atoms with Gasteiger partial charge >= 0.3 is 5.97 Å². The smallest absolute Gasteiger partial charge is 0.336 e. The normalized spacial score (nSPS) is 22.4. The zero-order valence-electron chi connectivity index (χ0n) is 7.11. The molecule has 2 amide bonds. The number of rotatable bonds is 1. The van der Waals surface area contributed by atoms with E-state index in [-0.39, 0.29) is 6.54 Å². The molecule has 0 aromatic heterocycles. The quantitative estimate of drug-likeness (QED) is 0.484. The second-order valence-corrected chi connectivity index (χ2v) is 2.74. The molecule has 0 saturated carbocycles. The molecule has 1 saturated heterocycles. The molecule has 0 aliphatic carbocycles. The molecule has 72 valence electrons. The SMILES string of the molecule is CC(=O)N1CCNC(=O)C1C(=O)O. The molecule has 1 aliphatic rings. The van der Waals surface area contributed by atoms with Crippen molar-refractivity contribution in [1.82, 2.24) is 10.2 Å². The van der Waals surface area contributed by atoms with Gasteiger partial charge in [0.2, 0.25) is 11.9 Å². The number of carbonyl (C=O) groups is 3. The molecule has 1 unspecified atom stereocenters. The predicted octanol–water partition coefficient (Wildman–Crippen LogP) is -1.58. The van der Waals surface area contributed by atoms with Gasteiger partial charge in [0, 0.05) is 20.0 Å². The maximum atomic E-state index is 11.1. The van der Waals surface area contributed by atoms with Crippen molar-refractivity contribution in [2.45, 2.75) is 13.0 Å². The van der Waals surface area contributed by atoms with Crippen molar-refractivity contribution in [2.24, 2.45) is 0 Å². The zero-order valence-corrected chi connectivity index (χ0v) is 7.11. The first-order chi connectivity index (χ1) is 6.04. The van der Waals surface area contributed by atoms with E-state index in [0.717, 1.165) is 4.90 Å². The van der Waals surface area contributed by atoms with Crippen LogP contribution in [0.3, 0.4) is 0 Å². The fraction of sp³-hybridized carbons (Fsp3) is 0.571. The molecule has 1 rings (SSSR count). The number of carbonyl (C=O) groups excluding carboxylic acids is 2. The van der Waals surface area contributed by atoms with E-state index in [1.807, 2.05) is 0 Å². The van der Waals surface area contributed by atoms with E-state index in [2.05, 4.69) is 5.32 Å². The van der Waals surface area contributed by atoms with Crippen LogP contribution in [0.25, 0.3) is 0 Å². The molecule has 1 fully saturated rings. The summed E-state index contributed by atoms with van der Waals surface area (Å²) in [5.41, 5.74) is 0. The summed E-state index contributed by atoms with van der Waals surface area (Å²) < 4.78 is 0. The number of carboxylic acid groups (broad SMARTS) is 1. The van der Waals surface area contributed by atoms with E-state index < -0.39 is 23.8 Å². The molecule has 0 radical (unpaired) electrons. The Balaban J connectivity index is 2.86. The van der Waals surface area contributed by atoms with Crippen molar-refractivity contribution < 1.29 is 19.5 Å². The number of amides is 2. The summed E-state index contributed by atoms with van der Waals surface area (Å²) >= 11 is 0. The number of piperazine rings is 1. The standard InChI is InChI=1S/C7H10N2O4/c1-4(10)9-3-2-8-6(11)5(9)7(12)13/h5H,2-3H2,1H3,(H,8,11)(H,12,13). The van der Waals surface area contributed by atoms with Crippen LogP contribution in [0.1, 0.15) is 6.92 Å². The van der Waals surface area contributed by atoms with Crippen molar-refractivity contribution in [3.8, 4) is 0 Å². The lowest BCUT2D eigenvalue weighted by molar-refractivity contribution is -0.156. The van der Waals surface area contributed by atoms with Crippen molar-refractivity contribution in [1.29, 1.82) is 0 Å². The summed E-state index contributed by atoms with van der Waals surface area (Å²) in [6, 6.07) is -1.37. The first kappa shape index (κ1) is 9.50. The van der Waals surface area contributed by atoms with Gasteiger partial charge in [0.05, 0.1) is 0 Å². The van der Waals surface area contributed by atoms with Gasteiger partial charge in [0.1, 0.15) is 0 Å². The number of nitrogens with one attached hydrogen (secondary N) is 1. The van der Waals surface area contributed by atoms with Crippen LogP contribution in [0.5, 0.6) is 0 Å². The Morgan fingerprint density at radius 1 is 1.62 bits per heavy atom. The molecule has 0 aromatic carbocycles. The third kappa shape index (κ3) is 1.77. The summed E-state index contributed by atoms with van der Waals surface area (Å²) in [4.78, 5) is 33.7. The van der Waals surface area contributed by atoms with E-state index in [0.29, 0.717) is 6.54 Å². The van der Waals surface area contributed by atoms with Crippen LogP contribution in [0.2, 0.25) is 0 Å². The van der Waals surface area contributed by atoms with Crippen LogP contribution in [-0.2, 0) is 14.4 Å². The number of hydrogen-bond acceptors (Lipinski definition) is 3. The Labute approximate surface area is 74.5 Å². The summed E-state index contributed by atoms with van der Waals surface area (Å²) in [7, 11) is 0. The van der Waals surface area contributed by atoms with Crippen LogP contribution in [-0.4, -0.2) is 46.9 Å². The fourth-order valence-electron chi connectivity index (χ4n) is 1.25. The Morgan fingerprint density at radius 3 is 2.62 bits per heavy atom. The Hall–Kier alpha value is -1.59. The molecular formula is C7H10N2O4. The first-order valence-electron chi connectivity index (χ1n) is 3.81. The minimum Gasteiger partial charge on any atom is -0.479 e. The van der Waals surface area contributed by atoms with E-state index in [4.69, 9.17) is 5.11 Å². The van der Waals surface area contributed by atoms with Gasteiger partial charge in [-0.1, -0.05) is 0 Å². The van der Waals surface area contributed by atoms with Gasteiger partial charge < -0.3 is 15.3 Å². The number of carboxylic acids is 1. The maximum Gasteiger partial charge on any atom is 0.336 e. The Bertz CT molecular complexity index is 263. The van der Waals surface area contributed by atoms with Crippen LogP contribution in [0.4, 0.5) is 0 Å². The molecule has 1 atom stereocenters. The topological polar surface area (TPSA) is 86.7 Å². The van der Waals surface area contributed by atoms with Gasteiger partial charge in [-0.2, -0.15) is 0 Å². The molecule has 6 heteroatoms. The van der Waals surface area contributed by atoms with Crippen molar-refractivity contribution in [2.75, 3.05) is 13.1 Å². The number of aliphatic carboxylic acids is 1. The van der Waals surface area contributed by atoms with Gasteiger partial charge in [-0.15, -0.1) is 0 Å². The van der Waals surface area contributed by atoms with Crippen molar-refractivity contribution >= 4 is 17.8 Å². The molecule has 0 spiro atoms. The van der Waals surface area contributed by atoms with Crippen LogP contribution in [0.15, 0.2) is 0 Å². The van der Waals surface area contributed by atoms with E-state index in [1.165, 1.54) is 6.92 Å². The number of nitrogens with zero attached hydrogens (tertiary/aromatic N) is 1. The molecule has 0 aromatic rings. The second-order valence-electron chi connectivity index (χ2n) is 2.74. The van der Waals surface area contributed by atoms with Crippen molar-refractivity contribution in [3.05, 3.63) is 0 Å².